The van der Waals surface area contributed by atoms with Gasteiger partial charge in [0.1, 0.15) is 6.10 Å². The number of ether oxygens (including phenoxy) is 4. The molecule has 3 fully saturated rings. The van der Waals surface area contributed by atoms with Gasteiger partial charge in [-0.15, -0.1) is 0 Å². The van der Waals surface area contributed by atoms with Gasteiger partial charge in [0.15, 0.2) is 5.79 Å². The molecular formula is C27H50O5. The lowest BCUT2D eigenvalue weighted by atomic mass is 9.96. The van der Waals surface area contributed by atoms with Crippen molar-refractivity contribution in [3.05, 3.63) is 0 Å². The standard InChI is InChI=1S/C27H50O5/c1-4-5-6-7-8-9-10-11-12-13-15-21(28)22-18-19-25(30-22)23-16-14-17-24(31-23)26-20-29-27(2,3)32-26/h21-26,28H,4-20H2,1-3H3/t21-,22-,23-,24+,25-,26-/m1/s1. The number of hydrogen-bond acceptors (Lipinski definition) is 5. The van der Waals surface area contributed by atoms with Crippen LogP contribution in [-0.4, -0.2) is 54.1 Å². The van der Waals surface area contributed by atoms with Gasteiger partial charge in [-0.3, -0.25) is 0 Å². The van der Waals surface area contributed by atoms with Crippen molar-refractivity contribution in [2.24, 2.45) is 0 Å². The van der Waals surface area contributed by atoms with Gasteiger partial charge < -0.3 is 24.1 Å². The van der Waals surface area contributed by atoms with Crippen LogP contribution in [0.2, 0.25) is 0 Å². The summed E-state index contributed by atoms with van der Waals surface area (Å²) in [5, 5.41) is 10.7. The molecule has 3 heterocycles. The first-order valence-electron chi connectivity index (χ1n) is 13.8. The summed E-state index contributed by atoms with van der Waals surface area (Å²) in [5.74, 6) is -0.505. The zero-order valence-electron chi connectivity index (χ0n) is 21.1. The van der Waals surface area contributed by atoms with E-state index < -0.39 is 5.79 Å². The van der Waals surface area contributed by atoms with E-state index in [4.69, 9.17) is 18.9 Å². The first kappa shape index (κ1) is 26.4. The lowest BCUT2D eigenvalue weighted by molar-refractivity contribution is -0.186. The minimum atomic E-state index is -0.505. The van der Waals surface area contributed by atoms with E-state index in [0.717, 1.165) is 44.9 Å². The van der Waals surface area contributed by atoms with Gasteiger partial charge in [-0.05, 0) is 52.4 Å². The van der Waals surface area contributed by atoms with Crippen LogP contribution >= 0.6 is 0 Å². The molecule has 0 aromatic heterocycles. The molecule has 188 valence electrons. The molecule has 0 saturated carbocycles. The highest BCUT2D eigenvalue weighted by Crippen LogP contribution is 2.35. The number of aliphatic hydroxyl groups excluding tert-OH is 1. The molecule has 0 aromatic carbocycles. The Morgan fingerprint density at radius 2 is 1.34 bits per heavy atom. The summed E-state index contributed by atoms with van der Waals surface area (Å²) in [6.07, 6.45) is 19.3. The van der Waals surface area contributed by atoms with E-state index in [1.807, 2.05) is 13.8 Å². The third-order valence-corrected chi connectivity index (χ3v) is 7.55. The monoisotopic (exact) mass is 454 g/mol. The highest BCUT2D eigenvalue weighted by molar-refractivity contribution is 4.89. The Hall–Kier alpha value is -0.200. The summed E-state index contributed by atoms with van der Waals surface area (Å²) in [4.78, 5) is 0. The maximum absolute atomic E-state index is 10.7. The van der Waals surface area contributed by atoms with Crippen LogP contribution in [0.25, 0.3) is 0 Å². The van der Waals surface area contributed by atoms with Crippen LogP contribution < -0.4 is 0 Å². The summed E-state index contributed by atoms with van der Waals surface area (Å²) >= 11 is 0. The summed E-state index contributed by atoms with van der Waals surface area (Å²) in [5.41, 5.74) is 0. The fraction of sp³-hybridized carbons (Fsp3) is 1.00. The van der Waals surface area contributed by atoms with Gasteiger partial charge in [-0.1, -0.05) is 71.1 Å². The Labute approximate surface area is 196 Å². The second-order valence-corrected chi connectivity index (χ2v) is 10.8. The van der Waals surface area contributed by atoms with Crippen LogP contribution in [0.1, 0.15) is 124 Å². The minimum absolute atomic E-state index is 0.0203. The zero-order valence-corrected chi connectivity index (χ0v) is 21.1. The second kappa shape index (κ2) is 13.6. The van der Waals surface area contributed by atoms with E-state index >= 15 is 0 Å². The molecule has 0 bridgehead atoms. The lowest BCUT2D eigenvalue weighted by Crippen LogP contribution is -2.43. The number of aliphatic hydroxyl groups is 1. The largest absolute Gasteiger partial charge is 0.390 e. The van der Waals surface area contributed by atoms with Crippen molar-refractivity contribution in [2.45, 2.75) is 166 Å². The molecule has 3 aliphatic heterocycles. The second-order valence-electron chi connectivity index (χ2n) is 10.8. The van der Waals surface area contributed by atoms with Crippen LogP contribution in [-0.2, 0) is 18.9 Å². The number of hydrogen-bond donors (Lipinski definition) is 1. The molecule has 0 unspecified atom stereocenters. The molecule has 0 aromatic rings. The summed E-state index contributed by atoms with van der Waals surface area (Å²) in [6, 6.07) is 0. The van der Waals surface area contributed by atoms with Crippen molar-refractivity contribution >= 4 is 0 Å². The Kier molecular flexibility index (Phi) is 11.2. The molecular weight excluding hydrogens is 404 g/mol. The Morgan fingerprint density at radius 3 is 1.97 bits per heavy atom. The van der Waals surface area contributed by atoms with E-state index in [1.165, 1.54) is 57.8 Å². The van der Waals surface area contributed by atoms with Crippen molar-refractivity contribution < 1.29 is 24.1 Å². The Morgan fingerprint density at radius 1 is 0.750 bits per heavy atom. The molecule has 0 radical (unpaired) electrons. The van der Waals surface area contributed by atoms with Crippen molar-refractivity contribution in [1.29, 1.82) is 0 Å². The van der Waals surface area contributed by atoms with E-state index in [-0.39, 0.29) is 36.6 Å². The predicted octanol–water partition coefficient (Wildman–Crippen LogP) is 6.30. The topological polar surface area (TPSA) is 57.2 Å². The molecule has 0 amide bonds. The smallest absolute Gasteiger partial charge is 0.163 e. The average molecular weight is 455 g/mol. The van der Waals surface area contributed by atoms with Gasteiger partial charge >= 0.3 is 0 Å². The summed E-state index contributed by atoms with van der Waals surface area (Å²) in [6.45, 7) is 6.81. The van der Waals surface area contributed by atoms with E-state index in [9.17, 15) is 5.11 Å². The van der Waals surface area contributed by atoms with Crippen LogP contribution in [0.5, 0.6) is 0 Å². The van der Waals surface area contributed by atoms with E-state index in [2.05, 4.69) is 6.92 Å². The maximum Gasteiger partial charge on any atom is 0.163 e. The summed E-state index contributed by atoms with van der Waals surface area (Å²) in [7, 11) is 0. The SMILES string of the molecule is CCCCCCCCCCCC[C@@H](O)[C@H]1CC[C@H]([C@H]2CCC[C@@H]([C@H]3COC(C)(C)O3)O2)O1. The molecule has 5 nitrogen and oxygen atoms in total. The van der Waals surface area contributed by atoms with Gasteiger partial charge in [-0.25, -0.2) is 0 Å². The molecule has 1 N–H and O–H groups in total. The van der Waals surface area contributed by atoms with Gasteiger partial charge in [-0.2, -0.15) is 0 Å². The van der Waals surface area contributed by atoms with Crippen LogP contribution in [0.4, 0.5) is 0 Å². The highest BCUT2D eigenvalue weighted by Gasteiger charge is 2.43. The third kappa shape index (κ3) is 8.54. The van der Waals surface area contributed by atoms with E-state index in [1.54, 1.807) is 0 Å². The fourth-order valence-electron chi connectivity index (χ4n) is 5.60. The van der Waals surface area contributed by atoms with Gasteiger partial charge in [0.05, 0.1) is 37.1 Å². The van der Waals surface area contributed by atoms with Crippen molar-refractivity contribution in [2.75, 3.05) is 6.61 Å². The molecule has 0 spiro atoms. The lowest BCUT2D eigenvalue weighted by Gasteiger charge is -2.36. The first-order chi connectivity index (χ1) is 15.5. The fourth-order valence-corrected chi connectivity index (χ4v) is 5.60. The highest BCUT2D eigenvalue weighted by atomic mass is 16.7. The van der Waals surface area contributed by atoms with Crippen molar-refractivity contribution in [1.82, 2.24) is 0 Å². The summed E-state index contributed by atoms with van der Waals surface area (Å²) < 4.78 is 24.5. The molecule has 6 atom stereocenters. The first-order valence-corrected chi connectivity index (χ1v) is 13.8. The zero-order chi connectivity index (χ0) is 22.8. The van der Waals surface area contributed by atoms with Crippen LogP contribution in [0.3, 0.4) is 0 Å². The molecule has 32 heavy (non-hydrogen) atoms. The van der Waals surface area contributed by atoms with Gasteiger partial charge in [0.25, 0.3) is 0 Å². The van der Waals surface area contributed by atoms with Crippen molar-refractivity contribution in [3.8, 4) is 0 Å². The predicted molar refractivity (Wildman–Crippen MR) is 128 cm³/mol. The third-order valence-electron chi connectivity index (χ3n) is 7.55. The Bertz CT molecular complexity index is 510. The Balaban J connectivity index is 1.26. The van der Waals surface area contributed by atoms with Crippen LogP contribution in [0.15, 0.2) is 0 Å². The molecule has 3 saturated heterocycles. The normalized spacial score (nSPS) is 33.6. The maximum atomic E-state index is 10.7. The molecule has 3 aliphatic rings. The molecule has 5 heteroatoms. The average Bonchev–Trinajstić information content (AvgIpc) is 3.42. The van der Waals surface area contributed by atoms with Crippen LogP contribution in [0, 0.1) is 0 Å². The van der Waals surface area contributed by atoms with Gasteiger partial charge in [0, 0.05) is 0 Å². The minimum Gasteiger partial charge on any atom is -0.390 e. The van der Waals surface area contributed by atoms with Crippen molar-refractivity contribution in [3.63, 3.8) is 0 Å². The quantitative estimate of drug-likeness (QED) is 0.312. The number of rotatable bonds is 14. The molecule has 3 rings (SSSR count). The van der Waals surface area contributed by atoms with Gasteiger partial charge in [0.2, 0.25) is 0 Å². The number of unbranched alkanes of at least 4 members (excludes halogenated alkanes) is 9. The molecule has 0 aliphatic carbocycles. The van der Waals surface area contributed by atoms with E-state index in [0.29, 0.717) is 6.61 Å².